The summed E-state index contributed by atoms with van der Waals surface area (Å²) in [6.45, 7) is 2.15. The standard InChI is InChI=1S/C13H17NO2S/c14-13(17)12-4-2-1-3-10(12)9-16-11-5-7-15-8-6-11/h1-4,11H,5-9H2,(H2,14,17). The summed E-state index contributed by atoms with van der Waals surface area (Å²) in [7, 11) is 0. The topological polar surface area (TPSA) is 44.5 Å². The summed E-state index contributed by atoms with van der Waals surface area (Å²) in [4.78, 5) is 0.427. The second-order valence-corrected chi connectivity index (χ2v) is 4.58. The molecule has 17 heavy (non-hydrogen) atoms. The van der Waals surface area contributed by atoms with Gasteiger partial charge in [-0.2, -0.15) is 0 Å². The number of nitrogens with two attached hydrogens (primary N) is 1. The Morgan fingerprint density at radius 1 is 1.35 bits per heavy atom. The fourth-order valence-corrected chi connectivity index (χ4v) is 2.14. The molecule has 0 spiro atoms. The predicted octanol–water partition coefficient (Wildman–Crippen LogP) is 2.02. The van der Waals surface area contributed by atoms with Gasteiger partial charge in [-0.15, -0.1) is 0 Å². The van der Waals surface area contributed by atoms with Gasteiger partial charge in [0.05, 0.1) is 12.7 Å². The van der Waals surface area contributed by atoms with Gasteiger partial charge in [0.15, 0.2) is 0 Å². The lowest BCUT2D eigenvalue weighted by Gasteiger charge is -2.22. The van der Waals surface area contributed by atoms with Crippen LogP contribution in [0.2, 0.25) is 0 Å². The van der Waals surface area contributed by atoms with Gasteiger partial charge < -0.3 is 15.2 Å². The number of hydrogen-bond donors (Lipinski definition) is 1. The third kappa shape index (κ3) is 3.49. The minimum absolute atomic E-state index is 0.295. The van der Waals surface area contributed by atoms with Crippen LogP contribution in [0, 0.1) is 0 Å². The summed E-state index contributed by atoms with van der Waals surface area (Å²) in [6, 6.07) is 7.86. The molecule has 0 aromatic heterocycles. The molecular weight excluding hydrogens is 234 g/mol. The largest absolute Gasteiger partial charge is 0.389 e. The molecule has 0 unspecified atom stereocenters. The monoisotopic (exact) mass is 251 g/mol. The number of ether oxygens (including phenoxy) is 2. The lowest BCUT2D eigenvalue weighted by molar-refractivity contribution is -0.0390. The number of rotatable bonds is 4. The summed E-state index contributed by atoms with van der Waals surface area (Å²) < 4.78 is 11.2. The van der Waals surface area contributed by atoms with Crippen LogP contribution < -0.4 is 5.73 Å². The van der Waals surface area contributed by atoms with Crippen LogP contribution in [-0.2, 0) is 16.1 Å². The first-order valence-electron chi connectivity index (χ1n) is 5.84. The zero-order chi connectivity index (χ0) is 12.1. The summed E-state index contributed by atoms with van der Waals surface area (Å²) >= 11 is 5.02. The fraction of sp³-hybridized carbons (Fsp3) is 0.462. The Kier molecular flexibility index (Phi) is 4.48. The van der Waals surface area contributed by atoms with Crippen molar-refractivity contribution < 1.29 is 9.47 Å². The molecule has 1 heterocycles. The quantitative estimate of drug-likeness (QED) is 0.832. The van der Waals surface area contributed by atoms with Gasteiger partial charge in [-0.3, -0.25) is 0 Å². The Labute approximate surface area is 107 Å². The second kappa shape index (κ2) is 6.10. The minimum atomic E-state index is 0.295. The van der Waals surface area contributed by atoms with Crippen molar-refractivity contribution in [1.82, 2.24) is 0 Å². The molecule has 92 valence electrons. The SMILES string of the molecule is NC(=S)c1ccccc1COC1CCOCC1. The van der Waals surface area contributed by atoms with E-state index in [0.29, 0.717) is 17.7 Å². The molecule has 0 bridgehead atoms. The third-order valence-electron chi connectivity index (χ3n) is 2.93. The van der Waals surface area contributed by atoms with Crippen molar-refractivity contribution in [2.45, 2.75) is 25.6 Å². The Morgan fingerprint density at radius 3 is 2.76 bits per heavy atom. The van der Waals surface area contributed by atoms with Gasteiger partial charge in [0.2, 0.25) is 0 Å². The number of hydrogen-bond acceptors (Lipinski definition) is 3. The van der Waals surface area contributed by atoms with Crippen LogP contribution >= 0.6 is 12.2 Å². The highest BCUT2D eigenvalue weighted by Crippen LogP contribution is 2.15. The van der Waals surface area contributed by atoms with Gasteiger partial charge in [0, 0.05) is 18.8 Å². The Balaban J connectivity index is 1.96. The van der Waals surface area contributed by atoms with Crippen LogP contribution in [0.5, 0.6) is 0 Å². The zero-order valence-electron chi connectivity index (χ0n) is 9.72. The first-order chi connectivity index (χ1) is 8.27. The molecule has 1 fully saturated rings. The van der Waals surface area contributed by atoms with Crippen LogP contribution in [0.3, 0.4) is 0 Å². The van der Waals surface area contributed by atoms with E-state index in [4.69, 9.17) is 27.4 Å². The summed E-state index contributed by atoms with van der Waals surface area (Å²) in [5.74, 6) is 0. The Bertz CT molecular complexity index is 389. The van der Waals surface area contributed by atoms with Gasteiger partial charge in [0.1, 0.15) is 4.99 Å². The molecule has 3 nitrogen and oxygen atoms in total. The van der Waals surface area contributed by atoms with Crippen LogP contribution in [0.4, 0.5) is 0 Å². The predicted molar refractivity (Wildman–Crippen MR) is 71.0 cm³/mol. The molecular formula is C13H17NO2S. The molecule has 1 aliphatic rings. The maximum atomic E-state index is 5.86. The molecule has 0 saturated carbocycles. The normalized spacial score (nSPS) is 16.9. The second-order valence-electron chi connectivity index (χ2n) is 4.14. The van der Waals surface area contributed by atoms with Crippen LogP contribution in [0.1, 0.15) is 24.0 Å². The van der Waals surface area contributed by atoms with Crippen molar-refractivity contribution in [2.24, 2.45) is 5.73 Å². The first kappa shape index (κ1) is 12.5. The van der Waals surface area contributed by atoms with Gasteiger partial charge in [-0.05, 0) is 18.4 Å². The van der Waals surface area contributed by atoms with Crippen LogP contribution in [0.15, 0.2) is 24.3 Å². The van der Waals surface area contributed by atoms with Gasteiger partial charge >= 0.3 is 0 Å². The van der Waals surface area contributed by atoms with Crippen LogP contribution in [-0.4, -0.2) is 24.3 Å². The molecule has 0 atom stereocenters. The Hall–Kier alpha value is -0.970. The van der Waals surface area contributed by atoms with Crippen molar-refractivity contribution in [2.75, 3.05) is 13.2 Å². The molecule has 2 rings (SSSR count). The van der Waals surface area contributed by atoms with E-state index in [-0.39, 0.29) is 0 Å². The Morgan fingerprint density at radius 2 is 2.06 bits per heavy atom. The average Bonchev–Trinajstić information content (AvgIpc) is 2.38. The average molecular weight is 251 g/mol. The molecule has 1 aromatic carbocycles. The maximum Gasteiger partial charge on any atom is 0.104 e. The fourth-order valence-electron chi connectivity index (χ4n) is 1.94. The van der Waals surface area contributed by atoms with E-state index in [1.807, 2.05) is 24.3 Å². The molecule has 2 N–H and O–H groups in total. The van der Waals surface area contributed by atoms with Crippen molar-refractivity contribution in [3.05, 3.63) is 35.4 Å². The van der Waals surface area contributed by atoms with Crippen molar-refractivity contribution in [3.8, 4) is 0 Å². The first-order valence-corrected chi connectivity index (χ1v) is 6.25. The highest BCUT2D eigenvalue weighted by molar-refractivity contribution is 7.80. The molecule has 1 aromatic rings. The van der Waals surface area contributed by atoms with E-state index in [1.165, 1.54) is 0 Å². The lowest BCUT2D eigenvalue weighted by Crippen LogP contribution is -2.23. The van der Waals surface area contributed by atoms with E-state index in [2.05, 4.69) is 0 Å². The van der Waals surface area contributed by atoms with Crippen molar-refractivity contribution >= 4 is 17.2 Å². The minimum Gasteiger partial charge on any atom is -0.389 e. The summed E-state index contributed by atoms with van der Waals surface area (Å²) in [5.41, 5.74) is 7.65. The van der Waals surface area contributed by atoms with E-state index >= 15 is 0 Å². The van der Waals surface area contributed by atoms with Gasteiger partial charge in [-0.25, -0.2) is 0 Å². The highest BCUT2D eigenvalue weighted by atomic mass is 32.1. The molecule has 0 amide bonds. The molecule has 0 aliphatic carbocycles. The summed E-state index contributed by atoms with van der Waals surface area (Å²) in [5, 5.41) is 0. The van der Waals surface area contributed by atoms with E-state index in [0.717, 1.165) is 37.2 Å². The van der Waals surface area contributed by atoms with Gasteiger partial charge in [0.25, 0.3) is 0 Å². The molecule has 0 radical (unpaired) electrons. The third-order valence-corrected chi connectivity index (χ3v) is 3.15. The zero-order valence-corrected chi connectivity index (χ0v) is 10.5. The van der Waals surface area contributed by atoms with Crippen molar-refractivity contribution in [1.29, 1.82) is 0 Å². The number of benzene rings is 1. The smallest absolute Gasteiger partial charge is 0.104 e. The maximum absolute atomic E-state index is 5.86. The molecule has 1 aliphatic heterocycles. The molecule has 4 heteroatoms. The molecule has 1 saturated heterocycles. The number of thiocarbonyl (C=S) groups is 1. The van der Waals surface area contributed by atoms with E-state index in [9.17, 15) is 0 Å². The van der Waals surface area contributed by atoms with Gasteiger partial charge in [-0.1, -0.05) is 36.5 Å². The highest BCUT2D eigenvalue weighted by Gasteiger charge is 2.14. The van der Waals surface area contributed by atoms with E-state index in [1.54, 1.807) is 0 Å². The van der Waals surface area contributed by atoms with E-state index < -0.39 is 0 Å². The lowest BCUT2D eigenvalue weighted by atomic mass is 10.1. The summed E-state index contributed by atoms with van der Waals surface area (Å²) in [6.07, 6.45) is 2.23. The van der Waals surface area contributed by atoms with Crippen LogP contribution in [0.25, 0.3) is 0 Å². The van der Waals surface area contributed by atoms with Crippen molar-refractivity contribution in [3.63, 3.8) is 0 Å².